The fourth-order valence-corrected chi connectivity index (χ4v) is 1.30. The highest BCUT2D eigenvalue weighted by atomic mass is 19.4. The van der Waals surface area contributed by atoms with Crippen molar-refractivity contribution in [1.29, 1.82) is 0 Å². The van der Waals surface area contributed by atoms with Crippen LogP contribution >= 0.6 is 0 Å². The molecule has 1 rings (SSSR count). The highest BCUT2D eigenvalue weighted by molar-refractivity contribution is 5.87. The Bertz CT molecular complexity index is 473. The molecule has 0 amide bonds. The summed E-state index contributed by atoms with van der Waals surface area (Å²) in [5.74, 6) is -1.72. The summed E-state index contributed by atoms with van der Waals surface area (Å²) in [5.41, 5.74) is 0.416. The SMILES string of the molecule is NCc1cc(C(F)(F)F)c(C(F)F)nc1C(=O)O. The van der Waals surface area contributed by atoms with Gasteiger partial charge in [0.2, 0.25) is 0 Å². The van der Waals surface area contributed by atoms with Gasteiger partial charge in [0.25, 0.3) is 6.43 Å². The van der Waals surface area contributed by atoms with Crippen LogP contribution in [0.5, 0.6) is 0 Å². The zero-order chi connectivity index (χ0) is 14.1. The minimum Gasteiger partial charge on any atom is -0.477 e. The van der Waals surface area contributed by atoms with Gasteiger partial charge in [-0.1, -0.05) is 0 Å². The van der Waals surface area contributed by atoms with E-state index < -0.39 is 47.6 Å². The monoisotopic (exact) mass is 270 g/mol. The molecule has 0 bridgehead atoms. The van der Waals surface area contributed by atoms with E-state index in [2.05, 4.69) is 4.98 Å². The summed E-state index contributed by atoms with van der Waals surface area (Å²) >= 11 is 0. The second-order valence-electron chi connectivity index (χ2n) is 3.24. The molecule has 0 spiro atoms. The molecule has 0 aromatic carbocycles. The van der Waals surface area contributed by atoms with E-state index in [1.165, 1.54) is 0 Å². The Morgan fingerprint density at radius 2 is 2.00 bits per heavy atom. The lowest BCUT2D eigenvalue weighted by Gasteiger charge is -2.14. The molecule has 4 nitrogen and oxygen atoms in total. The zero-order valence-corrected chi connectivity index (χ0v) is 8.63. The Labute approximate surface area is 97.2 Å². The first-order valence-corrected chi connectivity index (χ1v) is 4.51. The molecule has 0 aliphatic rings. The van der Waals surface area contributed by atoms with Crippen LogP contribution < -0.4 is 5.73 Å². The standard InChI is InChI=1S/C9H7F5N2O2/c10-7(11)6-4(9(12,13)14)1-3(2-15)5(16-6)8(17)18/h1,7H,2,15H2,(H,17,18). The first-order valence-electron chi connectivity index (χ1n) is 4.51. The zero-order valence-electron chi connectivity index (χ0n) is 8.63. The number of nitrogens with two attached hydrogens (primary N) is 1. The van der Waals surface area contributed by atoms with Gasteiger partial charge in [0, 0.05) is 6.54 Å². The van der Waals surface area contributed by atoms with E-state index >= 15 is 0 Å². The number of carboxylic acids is 1. The average molecular weight is 270 g/mol. The molecule has 0 saturated heterocycles. The maximum atomic E-state index is 12.5. The van der Waals surface area contributed by atoms with Crippen LogP contribution in [-0.2, 0) is 12.7 Å². The number of hydrogen-bond donors (Lipinski definition) is 2. The molecule has 0 unspecified atom stereocenters. The molecule has 0 aliphatic heterocycles. The first-order chi connectivity index (χ1) is 8.18. The van der Waals surface area contributed by atoms with Crippen LogP contribution in [0.15, 0.2) is 6.07 Å². The van der Waals surface area contributed by atoms with Crippen LogP contribution in [0.2, 0.25) is 0 Å². The highest BCUT2D eigenvalue weighted by Crippen LogP contribution is 2.36. The molecular formula is C9H7F5N2O2. The number of pyridine rings is 1. The van der Waals surface area contributed by atoms with Gasteiger partial charge in [-0.2, -0.15) is 13.2 Å². The van der Waals surface area contributed by atoms with Crippen molar-refractivity contribution in [3.63, 3.8) is 0 Å². The van der Waals surface area contributed by atoms with Gasteiger partial charge in [0.05, 0.1) is 5.56 Å². The molecule has 3 N–H and O–H groups in total. The number of carbonyl (C=O) groups is 1. The molecule has 0 radical (unpaired) electrons. The Balaban J connectivity index is 3.57. The minimum absolute atomic E-state index is 0.290. The molecule has 1 aromatic heterocycles. The third-order valence-corrected chi connectivity index (χ3v) is 2.07. The summed E-state index contributed by atoms with van der Waals surface area (Å²) in [4.78, 5) is 13.5. The van der Waals surface area contributed by atoms with Gasteiger partial charge in [-0.15, -0.1) is 0 Å². The van der Waals surface area contributed by atoms with Gasteiger partial charge in [0.1, 0.15) is 5.69 Å². The van der Waals surface area contributed by atoms with Gasteiger partial charge in [-0.25, -0.2) is 18.6 Å². The quantitative estimate of drug-likeness (QED) is 0.825. The molecule has 9 heteroatoms. The van der Waals surface area contributed by atoms with E-state index in [1.807, 2.05) is 0 Å². The number of nitrogens with zero attached hydrogens (tertiary/aromatic N) is 1. The molecular weight excluding hydrogens is 263 g/mol. The average Bonchev–Trinajstić information content (AvgIpc) is 2.25. The third kappa shape index (κ3) is 2.73. The lowest BCUT2D eigenvalue weighted by molar-refractivity contribution is -0.140. The second kappa shape index (κ2) is 4.84. The van der Waals surface area contributed by atoms with Crippen molar-refractivity contribution in [3.8, 4) is 0 Å². The van der Waals surface area contributed by atoms with Crippen molar-refractivity contribution in [1.82, 2.24) is 4.98 Å². The number of hydrogen-bond acceptors (Lipinski definition) is 3. The number of halogens is 5. The van der Waals surface area contributed by atoms with Gasteiger partial charge in [-0.05, 0) is 11.6 Å². The van der Waals surface area contributed by atoms with Crippen LogP contribution in [0.1, 0.15) is 33.7 Å². The number of aromatic carboxylic acids is 1. The third-order valence-electron chi connectivity index (χ3n) is 2.07. The van der Waals surface area contributed by atoms with E-state index in [0.29, 0.717) is 0 Å². The molecule has 18 heavy (non-hydrogen) atoms. The molecule has 0 saturated carbocycles. The second-order valence-corrected chi connectivity index (χ2v) is 3.24. The van der Waals surface area contributed by atoms with E-state index in [4.69, 9.17) is 10.8 Å². The molecule has 0 fully saturated rings. The summed E-state index contributed by atoms with van der Waals surface area (Å²) in [6.07, 6.45) is -8.59. The lowest BCUT2D eigenvalue weighted by Crippen LogP contribution is -2.18. The van der Waals surface area contributed by atoms with Crippen molar-refractivity contribution in [2.75, 3.05) is 0 Å². The van der Waals surface area contributed by atoms with Crippen molar-refractivity contribution in [3.05, 3.63) is 28.6 Å². The molecule has 1 aromatic rings. The summed E-state index contributed by atoms with van der Waals surface area (Å²) in [7, 11) is 0. The Morgan fingerprint density at radius 3 is 2.33 bits per heavy atom. The Morgan fingerprint density at radius 1 is 1.44 bits per heavy atom. The van der Waals surface area contributed by atoms with Crippen molar-refractivity contribution in [2.24, 2.45) is 5.73 Å². The minimum atomic E-state index is -5.06. The maximum absolute atomic E-state index is 12.5. The van der Waals surface area contributed by atoms with Crippen LogP contribution in [-0.4, -0.2) is 16.1 Å². The summed E-state index contributed by atoms with van der Waals surface area (Å²) < 4.78 is 62.4. The molecule has 0 aliphatic carbocycles. The number of alkyl halides is 5. The van der Waals surface area contributed by atoms with Crippen molar-refractivity contribution < 1.29 is 31.9 Å². The molecule has 100 valence electrons. The maximum Gasteiger partial charge on any atom is 0.418 e. The topological polar surface area (TPSA) is 76.2 Å². The van der Waals surface area contributed by atoms with Crippen LogP contribution in [0, 0.1) is 0 Å². The Hall–Kier alpha value is -1.77. The van der Waals surface area contributed by atoms with Gasteiger partial charge >= 0.3 is 12.1 Å². The molecule has 1 heterocycles. The van der Waals surface area contributed by atoms with E-state index in [1.54, 1.807) is 0 Å². The van der Waals surface area contributed by atoms with Crippen LogP contribution in [0.25, 0.3) is 0 Å². The number of aromatic nitrogens is 1. The normalized spacial score (nSPS) is 11.9. The summed E-state index contributed by atoms with van der Waals surface area (Å²) in [6, 6.07) is 0.290. The first kappa shape index (κ1) is 14.3. The van der Waals surface area contributed by atoms with E-state index in [9.17, 15) is 26.7 Å². The fourth-order valence-electron chi connectivity index (χ4n) is 1.30. The van der Waals surface area contributed by atoms with Gasteiger partial charge in [-0.3, -0.25) is 0 Å². The largest absolute Gasteiger partial charge is 0.477 e. The predicted octanol–water partition coefficient (Wildman–Crippen LogP) is 2.19. The van der Waals surface area contributed by atoms with Gasteiger partial charge in [0.15, 0.2) is 5.69 Å². The van der Waals surface area contributed by atoms with Crippen LogP contribution in [0.4, 0.5) is 22.0 Å². The van der Waals surface area contributed by atoms with Crippen molar-refractivity contribution in [2.45, 2.75) is 19.1 Å². The van der Waals surface area contributed by atoms with E-state index in [-0.39, 0.29) is 6.07 Å². The molecule has 0 atom stereocenters. The number of carboxylic acid groups (broad SMARTS) is 1. The highest BCUT2D eigenvalue weighted by Gasteiger charge is 2.38. The smallest absolute Gasteiger partial charge is 0.418 e. The fraction of sp³-hybridized carbons (Fsp3) is 0.333. The Kier molecular flexibility index (Phi) is 3.85. The van der Waals surface area contributed by atoms with Crippen LogP contribution in [0.3, 0.4) is 0 Å². The van der Waals surface area contributed by atoms with Crippen molar-refractivity contribution >= 4 is 5.97 Å². The summed E-state index contributed by atoms with van der Waals surface area (Å²) in [5, 5.41) is 8.65. The van der Waals surface area contributed by atoms with E-state index in [0.717, 1.165) is 0 Å². The lowest BCUT2D eigenvalue weighted by atomic mass is 10.1. The summed E-state index contributed by atoms with van der Waals surface area (Å²) in [6.45, 7) is -0.554. The predicted molar refractivity (Wildman–Crippen MR) is 49.0 cm³/mol. The van der Waals surface area contributed by atoms with Gasteiger partial charge < -0.3 is 10.8 Å². The number of rotatable bonds is 3.